The molecule has 2 aromatic heterocycles. The van der Waals surface area contributed by atoms with E-state index in [1.165, 1.54) is 16.8 Å². The van der Waals surface area contributed by atoms with E-state index in [1.807, 2.05) is 47.4 Å². The highest BCUT2D eigenvalue weighted by molar-refractivity contribution is 5.75. The number of hydrogen-bond donors (Lipinski definition) is 1. The van der Waals surface area contributed by atoms with Crippen LogP contribution in [-0.2, 0) is 20.0 Å². The van der Waals surface area contributed by atoms with Gasteiger partial charge in [0.1, 0.15) is 0 Å². The molecule has 3 heterocycles. The van der Waals surface area contributed by atoms with Gasteiger partial charge >= 0.3 is 6.03 Å². The number of rotatable bonds is 3. The molecular weight excluding hydrogens is 328 g/mol. The van der Waals surface area contributed by atoms with Crippen LogP contribution >= 0.6 is 0 Å². The fourth-order valence-corrected chi connectivity index (χ4v) is 3.95. The number of piperazine rings is 1. The summed E-state index contributed by atoms with van der Waals surface area (Å²) >= 11 is 0. The lowest BCUT2D eigenvalue weighted by atomic mass is 9.93. The fraction of sp³-hybridized carbons (Fsp3) is 0.526. The minimum absolute atomic E-state index is 0.0512. The van der Waals surface area contributed by atoms with Crippen molar-refractivity contribution in [3.8, 4) is 0 Å². The summed E-state index contributed by atoms with van der Waals surface area (Å²) < 4.78 is 1.94. The van der Waals surface area contributed by atoms with E-state index in [4.69, 9.17) is 0 Å². The molecule has 4 rings (SSSR count). The van der Waals surface area contributed by atoms with Crippen molar-refractivity contribution in [2.75, 3.05) is 26.2 Å². The van der Waals surface area contributed by atoms with E-state index in [-0.39, 0.29) is 12.1 Å². The van der Waals surface area contributed by atoms with E-state index in [9.17, 15) is 4.79 Å². The molecule has 2 aromatic rings. The summed E-state index contributed by atoms with van der Waals surface area (Å²) in [6.45, 7) is 4.25. The van der Waals surface area contributed by atoms with Gasteiger partial charge in [0.2, 0.25) is 0 Å². The zero-order valence-corrected chi connectivity index (χ0v) is 15.3. The fourth-order valence-electron chi connectivity index (χ4n) is 3.95. The number of urea groups is 1. The summed E-state index contributed by atoms with van der Waals surface area (Å²) in [7, 11) is 1.98. The van der Waals surface area contributed by atoms with E-state index in [0.29, 0.717) is 0 Å². The predicted molar refractivity (Wildman–Crippen MR) is 98.5 cm³/mol. The second-order valence-corrected chi connectivity index (χ2v) is 7.18. The second-order valence-electron chi connectivity index (χ2n) is 7.18. The standard InChI is InChI=1S/C19H26N6O/c1-23-18-4-2-3-17(16(18)13-21-23)22-19(26)25-11-9-24(10-12-25)14-15-5-7-20-8-6-15/h5-8,13,17H,2-4,9-12,14H2,1H3,(H,22,26)/t17-/m0/s1. The molecule has 0 unspecified atom stereocenters. The minimum atomic E-state index is 0.0512. The number of carbonyl (C=O) groups is 1. The number of aryl methyl sites for hydroxylation is 1. The van der Waals surface area contributed by atoms with Crippen LogP contribution in [-0.4, -0.2) is 56.8 Å². The third-order valence-corrected chi connectivity index (χ3v) is 5.49. The lowest BCUT2D eigenvalue weighted by Gasteiger charge is -2.36. The Morgan fingerprint density at radius 2 is 2.00 bits per heavy atom. The summed E-state index contributed by atoms with van der Waals surface area (Å²) in [6, 6.07) is 4.24. The zero-order valence-electron chi connectivity index (χ0n) is 15.3. The minimum Gasteiger partial charge on any atom is -0.331 e. The van der Waals surface area contributed by atoms with Crippen molar-refractivity contribution in [3.63, 3.8) is 0 Å². The Morgan fingerprint density at radius 1 is 1.23 bits per heavy atom. The molecule has 1 saturated heterocycles. The number of nitrogens with zero attached hydrogens (tertiary/aromatic N) is 5. The van der Waals surface area contributed by atoms with E-state index >= 15 is 0 Å². The van der Waals surface area contributed by atoms with Crippen molar-refractivity contribution in [3.05, 3.63) is 47.5 Å². The molecular formula is C19H26N6O. The SMILES string of the molecule is Cn1ncc2c1CCC[C@@H]2NC(=O)N1CCN(Cc2ccncc2)CC1. The normalized spacial score (nSPS) is 20.7. The molecule has 1 aliphatic carbocycles. The smallest absolute Gasteiger partial charge is 0.317 e. The zero-order chi connectivity index (χ0) is 17.9. The number of pyridine rings is 1. The Kier molecular flexibility index (Phi) is 4.88. The van der Waals surface area contributed by atoms with Crippen LogP contribution in [0.15, 0.2) is 30.7 Å². The number of aromatic nitrogens is 3. The first kappa shape index (κ1) is 17.0. The summed E-state index contributed by atoms with van der Waals surface area (Å²) in [4.78, 5) is 21.1. The maximum absolute atomic E-state index is 12.7. The third-order valence-electron chi connectivity index (χ3n) is 5.49. The molecule has 26 heavy (non-hydrogen) atoms. The van der Waals surface area contributed by atoms with Crippen molar-refractivity contribution in [1.29, 1.82) is 0 Å². The van der Waals surface area contributed by atoms with Crippen LogP contribution in [0.1, 0.15) is 35.7 Å². The molecule has 0 bridgehead atoms. The highest BCUT2D eigenvalue weighted by atomic mass is 16.2. The van der Waals surface area contributed by atoms with Crippen LogP contribution in [0.5, 0.6) is 0 Å². The average molecular weight is 354 g/mol. The quantitative estimate of drug-likeness (QED) is 0.911. The molecule has 7 heteroatoms. The first-order valence-corrected chi connectivity index (χ1v) is 9.38. The first-order valence-electron chi connectivity index (χ1n) is 9.38. The number of fused-ring (bicyclic) bond motifs is 1. The Morgan fingerprint density at radius 3 is 2.77 bits per heavy atom. The first-order chi connectivity index (χ1) is 12.7. The monoisotopic (exact) mass is 354 g/mol. The van der Waals surface area contributed by atoms with E-state index in [0.717, 1.165) is 52.0 Å². The van der Waals surface area contributed by atoms with E-state index in [2.05, 4.69) is 20.3 Å². The van der Waals surface area contributed by atoms with Crippen molar-refractivity contribution in [2.45, 2.75) is 31.8 Å². The highest BCUT2D eigenvalue weighted by Crippen LogP contribution is 2.29. The number of carbonyl (C=O) groups excluding carboxylic acids is 1. The molecule has 1 aliphatic heterocycles. The molecule has 1 fully saturated rings. The lowest BCUT2D eigenvalue weighted by molar-refractivity contribution is 0.132. The van der Waals surface area contributed by atoms with Crippen molar-refractivity contribution < 1.29 is 4.79 Å². The van der Waals surface area contributed by atoms with Crippen LogP contribution in [0.2, 0.25) is 0 Å². The topological polar surface area (TPSA) is 66.3 Å². The summed E-state index contributed by atoms with van der Waals surface area (Å²) in [5, 5.41) is 7.59. The molecule has 2 aliphatic rings. The van der Waals surface area contributed by atoms with Gasteiger partial charge in [0, 0.05) is 63.4 Å². The molecule has 2 amide bonds. The lowest BCUT2D eigenvalue weighted by Crippen LogP contribution is -2.52. The Balaban J connectivity index is 1.30. The molecule has 0 spiro atoms. The molecule has 1 N–H and O–H groups in total. The predicted octanol–water partition coefficient (Wildman–Crippen LogP) is 1.72. The highest BCUT2D eigenvalue weighted by Gasteiger charge is 2.27. The Bertz CT molecular complexity index is 751. The molecule has 0 radical (unpaired) electrons. The third kappa shape index (κ3) is 3.58. The van der Waals surface area contributed by atoms with Crippen LogP contribution < -0.4 is 5.32 Å². The summed E-state index contributed by atoms with van der Waals surface area (Å²) in [5.41, 5.74) is 3.70. The van der Waals surface area contributed by atoms with Crippen molar-refractivity contribution >= 4 is 6.03 Å². The molecule has 1 atom stereocenters. The van der Waals surface area contributed by atoms with Crippen LogP contribution in [0.3, 0.4) is 0 Å². The van der Waals surface area contributed by atoms with Gasteiger partial charge in [0.05, 0.1) is 12.2 Å². The molecule has 7 nitrogen and oxygen atoms in total. The summed E-state index contributed by atoms with van der Waals surface area (Å²) in [5.74, 6) is 0. The van der Waals surface area contributed by atoms with Gasteiger partial charge in [0.15, 0.2) is 0 Å². The Hall–Kier alpha value is -2.41. The van der Waals surface area contributed by atoms with Gasteiger partial charge < -0.3 is 10.2 Å². The number of hydrogen-bond acceptors (Lipinski definition) is 4. The van der Waals surface area contributed by atoms with Crippen LogP contribution in [0.25, 0.3) is 0 Å². The van der Waals surface area contributed by atoms with E-state index < -0.39 is 0 Å². The van der Waals surface area contributed by atoms with Gasteiger partial charge in [-0.1, -0.05) is 0 Å². The number of nitrogens with one attached hydrogen (secondary N) is 1. The number of amides is 2. The Labute approximate surface area is 154 Å². The molecule has 0 saturated carbocycles. The van der Waals surface area contributed by atoms with Crippen molar-refractivity contribution in [1.82, 2.24) is 29.9 Å². The van der Waals surface area contributed by atoms with Crippen LogP contribution in [0, 0.1) is 0 Å². The van der Waals surface area contributed by atoms with Gasteiger partial charge in [-0.3, -0.25) is 14.6 Å². The summed E-state index contributed by atoms with van der Waals surface area (Å²) in [6.07, 6.45) is 8.70. The maximum Gasteiger partial charge on any atom is 0.317 e. The van der Waals surface area contributed by atoms with Gasteiger partial charge in [0.25, 0.3) is 0 Å². The molecule has 138 valence electrons. The largest absolute Gasteiger partial charge is 0.331 e. The van der Waals surface area contributed by atoms with Gasteiger partial charge in [-0.25, -0.2) is 4.79 Å². The van der Waals surface area contributed by atoms with Crippen LogP contribution in [0.4, 0.5) is 4.79 Å². The average Bonchev–Trinajstić information content (AvgIpc) is 3.05. The van der Waals surface area contributed by atoms with Gasteiger partial charge in [-0.2, -0.15) is 5.10 Å². The van der Waals surface area contributed by atoms with Gasteiger partial charge in [-0.05, 0) is 37.0 Å². The van der Waals surface area contributed by atoms with Gasteiger partial charge in [-0.15, -0.1) is 0 Å². The van der Waals surface area contributed by atoms with Crippen molar-refractivity contribution in [2.24, 2.45) is 7.05 Å². The maximum atomic E-state index is 12.7. The molecule has 0 aromatic carbocycles. The van der Waals surface area contributed by atoms with E-state index in [1.54, 1.807) is 0 Å². The second kappa shape index (κ2) is 7.45.